The summed E-state index contributed by atoms with van der Waals surface area (Å²) >= 11 is 0. The van der Waals surface area contributed by atoms with E-state index >= 15 is 0 Å². The van der Waals surface area contributed by atoms with E-state index in [1.165, 1.54) is 5.01 Å². The summed E-state index contributed by atoms with van der Waals surface area (Å²) < 4.78 is 5.47. The minimum atomic E-state index is -0.526. The molecule has 0 radical (unpaired) electrons. The van der Waals surface area contributed by atoms with E-state index in [1.54, 1.807) is 4.90 Å². The Morgan fingerprint density at radius 3 is 2.21 bits per heavy atom. The maximum Gasteiger partial charge on any atom is 0.411 e. The lowest BCUT2D eigenvalue weighted by Crippen LogP contribution is -2.53. The maximum atomic E-state index is 12.4. The summed E-state index contributed by atoms with van der Waals surface area (Å²) in [5, 5.41) is 4.39. The van der Waals surface area contributed by atoms with Gasteiger partial charge in [0.1, 0.15) is 5.60 Å². The normalized spacial score (nSPS) is 20.3. The molecule has 0 aliphatic carbocycles. The van der Waals surface area contributed by atoms with Crippen molar-refractivity contribution in [3.05, 3.63) is 4.91 Å². The van der Waals surface area contributed by atoms with Crippen LogP contribution in [-0.2, 0) is 4.74 Å². The van der Waals surface area contributed by atoms with Crippen LogP contribution in [0.3, 0.4) is 0 Å². The fourth-order valence-corrected chi connectivity index (χ4v) is 2.29. The minimum absolute atomic E-state index is 0.0347. The molecule has 1 saturated heterocycles. The van der Waals surface area contributed by atoms with Crippen LogP contribution in [0.2, 0.25) is 0 Å². The Morgan fingerprint density at radius 1 is 1.26 bits per heavy atom. The first kappa shape index (κ1) is 15.7. The summed E-state index contributed by atoms with van der Waals surface area (Å²) in [5.74, 6) is 0. The first-order chi connectivity index (χ1) is 8.54. The van der Waals surface area contributed by atoms with Gasteiger partial charge in [-0.05, 0) is 48.0 Å². The Hall–Kier alpha value is -1.33. The highest BCUT2D eigenvalue weighted by Gasteiger charge is 2.39. The molecule has 6 nitrogen and oxygen atoms in total. The SMILES string of the molecule is CC(C)(C)OC(=O)N(C1CCN(N=O)C1)C(C)(C)C. The van der Waals surface area contributed by atoms with Crippen molar-refractivity contribution in [2.24, 2.45) is 5.29 Å². The van der Waals surface area contributed by atoms with E-state index in [0.717, 1.165) is 6.42 Å². The fourth-order valence-electron chi connectivity index (χ4n) is 2.29. The van der Waals surface area contributed by atoms with Gasteiger partial charge in [-0.2, -0.15) is 0 Å². The van der Waals surface area contributed by atoms with Crippen LogP contribution in [0.5, 0.6) is 0 Å². The molecular formula is C13H25N3O3. The summed E-state index contributed by atoms with van der Waals surface area (Å²) in [7, 11) is 0. The van der Waals surface area contributed by atoms with Crippen molar-refractivity contribution in [3.63, 3.8) is 0 Å². The number of amides is 1. The molecular weight excluding hydrogens is 246 g/mol. The van der Waals surface area contributed by atoms with Gasteiger partial charge in [0, 0.05) is 12.1 Å². The smallest absolute Gasteiger partial charge is 0.411 e. The first-order valence-electron chi connectivity index (χ1n) is 6.65. The second-order valence-electron chi connectivity index (χ2n) is 6.96. The molecule has 0 N–H and O–H groups in total. The van der Waals surface area contributed by atoms with Crippen LogP contribution in [0.4, 0.5) is 4.79 Å². The number of carbonyl (C=O) groups excluding carboxylic acids is 1. The Morgan fingerprint density at radius 2 is 1.84 bits per heavy atom. The van der Waals surface area contributed by atoms with Gasteiger partial charge in [0.2, 0.25) is 0 Å². The fraction of sp³-hybridized carbons (Fsp3) is 0.923. The number of ether oxygens (including phenoxy) is 1. The highest BCUT2D eigenvalue weighted by molar-refractivity contribution is 5.69. The van der Waals surface area contributed by atoms with Crippen LogP contribution in [0, 0.1) is 4.91 Å². The standard InChI is InChI=1S/C13H25N3O3/c1-12(2,3)16(11(17)19-13(4,5)6)10-7-8-15(9-10)14-18/h10H,7-9H2,1-6H3. The number of rotatable bonds is 2. The van der Waals surface area contributed by atoms with Gasteiger partial charge in [-0.15, -0.1) is 4.91 Å². The van der Waals surface area contributed by atoms with Crippen molar-refractivity contribution in [1.29, 1.82) is 0 Å². The molecule has 19 heavy (non-hydrogen) atoms. The Balaban J connectivity index is 2.85. The second-order valence-corrected chi connectivity index (χ2v) is 6.96. The van der Waals surface area contributed by atoms with Crippen molar-refractivity contribution >= 4 is 6.09 Å². The highest BCUT2D eigenvalue weighted by atomic mass is 16.6. The average molecular weight is 271 g/mol. The van der Waals surface area contributed by atoms with E-state index in [2.05, 4.69) is 5.29 Å². The molecule has 0 saturated carbocycles. The molecule has 1 amide bonds. The van der Waals surface area contributed by atoms with Crippen LogP contribution in [0.15, 0.2) is 5.29 Å². The summed E-state index contributed by atoms with van der Waals surface area (Å²) in [6.07, 6.45) is 0.403. The molecule has 1 aliphatic rings. The zero-order chi connectivity index (χ0) is 14.8. The zero-order valence-electron chi connectivity index (χ0n) is 12.8. The molecule has 0 bridgehead atoms. The monoisotopic (exact) mass is 271 g/mol. The van der Waals surface area contributed by atoms with Crippen molar-refractivity contribution in [3.8, 4) is 0 Å². The van der Waals surface area contributed by atoms with E-state index < -0.39 is 5.60 Å². The summed E-state index contributed by atoms with van der Waals surface area (Å²) in [6.45, 7) is 12.5. The molecule has 110 valence electrons. The molecule has 1 rings (SSSR count). The molecule has 1 heterocycles. The van der Waals surface area contributed by atoms with Gasteiger partial charge in [-0.3, -0.25) is 9.91 Å². The van der Waals surface area contributed by atoms with E-state index in [4.69, 9.17) is 4.74 Å². The lowest BCUT2D eigenvalue weighted by molar-refractivity contribution is -0.00619. The number of hydrogen-bond acceptors (Lipinski definition) is 4. The maximum absolute atomic E-state index is 12.4. The molecule has 6 heteroatoms. The quantitative estimate of drug-likeness (QED) is 0.724. The highest BCUT2D eigenvalue weighted by Crippen LogP contribution is 2.26. The summed E-state index contributed by atoms with van der Waals surface area (Å²) in [4.78, 5) is 24.7. The molecule has 0 aromatic rings. The third-order valence-corrected chi connectivity index (χ3v) is 2.94. The third-order valence-electron chi connectivity index (χ3n) is 2.94. The molecule has 1 fully saturated rings. The Labute approximate surface area is 115 Å². The zero-order valence-corrected chi connectivity index (χ0v) is 12.8. The lowest BCUT2D eigenvalue weighted by Gasteiger charge is -2.40. The number of nitroso groups, excluding NO2 is 1. The van der Waals surface area contributed by atoms with Crippen molar-refractivity contribution in [1.82, 2.24) is 9.91 Å². The van der Waals surface area contributed by atoms with Crippen LogP contribution in [0.1, 0.15) is 48.0 Å². The van der Waals surface area contributed by atoms with Crippen LogP contribution >= 0.6 is 0 Å². The Kier molecular flexibility index (Phi) is 4.43. The van der Waals surface area contributed by atoms with Crippen molar-refractivity contribution < 1.29 is 9.53 Å². The van der Waals surface area contributed by atoms with Crippen molar-refractivity contribution in [2.75, 3.05) is 13.1 Å². The van der Waals surface area contributed by atoms with E-state index in [-0.39, 0.29) is 17.7 Å². The second kappa shape index (κ2) is 5.35. The molecule has 0 aromatic heterocycles. The average Bonchev–Trinajstić information content (AvgIpc) is 2.60. The third kappa shape index (κ3) is 4.36. The molecule has 1 atom stereocenters. The molecule has 0 aromatic carbocycles. The molecule has 1 unspecified atom stereocenters. The van der Waals surface area contributed by atoms with Crippen LogP contribution in [0.25, 0.3) is 0 Å². The van der Waals surface area contributed by atoms with Gasteiger partial charge in [0.15, 0.2) is 0 Å². The molecule has 1 aliphatic heterocycles. The van der Waals surface area contributed by atoms with Gasteiger partial charge in [-0.25, -0.2) is 4.79 Å². The molecule has 0 spiro atoms. The van der Waals surface area contributed by atoms with Gasteiger partial charge in [-0.1, -0.05) is 0 Å². The lowest BCUT2D eigenvalue weighted by atomic mass is 10.0. The van der Waals surface area contributed by atoms with Gasteiger partial charge < -0.3 is 4.74 Å². The summed E-state index contributed by atoms with van der Waals surface area (Å²) in [5.41, 5.74) is -0.881. The van der Waals surface area contributed by atoms with E-state index in [1.807, 2.05) is 41.5 Å². The summed E-state index contributed by atoms with van der Waals surface area (Å²) in [6, 6.07) is -0.0347. The predicted octanol–water partition coefficient (Wildman–Crippen LogP) is 2.78. The van der Waals surface area contributed by atoms with Gasteiger partial charge in [0.25, 0.3) is 0 Å². The van der Waals surface area contributed by atoms with Crippen LogP contribution in [-0.4, -0.2) is 46.3 Å². The van der Waals surface area contributed by atoms with Gasteiger partial charge in [0.05, 0.1) is 17.9 Å². The number of hydrogen-bond donors (Lipinski definition) is 0. The van der Waals surface area contributed by atoms with Crippen LogP contribution < -0.4 is 0 Å². The number of carbonyl (C=O) groups is 1. The van der Waals surface area contributed by atoms with Crippen molar-refractivity contribution in [2.45, 2.75) is 65.1 Å². The predicted molar refractivity (Wildman–Crippen MR) is 73.6 cm³/mol. The van der Waals surface area contributed by atoms with E-state index in [0.29, 0.717) is 13.1 Å². The largest absolute Gasteiger partial charge is 0.444 e. The number of nitrogens with zero attached hydrogens (tertiary/aromatic N) is 3. The Bertz CT molecular complexity index is 344. The van der Waals surface area contributed by atoms with E-state index in [9.17, 15) is 9.70 Å². The minimum Gasteiger partial charge on any atom is -0.444 e. The topological polar surface area (TPSA) is 62.2 Å². The first-order valence-corrected chi connectivity index (χ1v) is 6.65. The van der Waals surface area contributed by atoms with Gasteiger partial charge >= 0.3 is 6.09 Å².